The number of nitrogens with two attached hydrogens (primary N) is 1. The van der Waals surface area contributed by atoms with Crippen LogP contribution in [-0.2, 0) is 48.9 Å². The molecule has 17 nitrogen and oxygen atoms in total. The smallest absolute Gasteiger partial charge is 0.272 e. The number of hydrogen-bond donors (Lipinski definition) is 3. The van der Waals surface area contributed by atoms with Crippen LogP contribution >= 0.6 is 80.9 Å². The molecule has 4 N–H and O–H groups in total. The van der Waals surface area contributed by atoms with Gasteiger partial charge in [-0.15, -0.1) is 8.80 Å². The number of hydrazine groups is 2. The summed E-state index contributed by atoms with van der Waals surface area (Å²) in [6, 6.07) is 19.0. The lowest BCUT2D eigenvalue weighted by Crippen LogP contribution is -2.45. The van der Waals surface area contributed by atoms with E-state index in [0.717, 1.165) is 10.0 Å². The first-order valence-corrected chi connectivity index (χ1v) is 24.4. The third kappa shape index (κ3) is 11.1. The van der Waals surface area contributed by atoms with E-state index in [1.807, 2.05) is 4.72 Å². The Kier molecular flexibility index (Phi) is 15.0. The molecule has 3 aromatic rings. The standard InChI is InChI=1S/C10H7N3O3S3.C7H4ClNO2S.C7H5NO3S.C3H4N2OS2.Cl2OS/c14-8-5-18-10(17)13(8)11-9-6-3-1-2-4-7(6)19(15,16)12-9;8-7-5-3-1-2-4-6(5)12(10,11)9-7;9-7-5-3-1-2-4-6(5)12(10,11)8-7;4-5-2(6)1-8-3(5)7;1-4(2)3/h1-4H,5H2,(H,11,12);1-4H;1-4H,(H,8,9);1,4H2;. The molecule has 3 amide bonds. The fourth-order valence-electron chi connectivity index (χ4n) is 4.31. The molecule has 28 heteroatoms. The van der Waals surface area contributed by atoms with Crippen molar-refractivity contribution < 1.29 is 43.8 Å². The van der Waals surface area contributed by atoms with Crippen molar-refractivity contribution in [3.63, 3.8) is 0 Å². The Morgan fingerprint density at radius 3 is 1.64 bits per heavy atom. The van der Waals surface area contributed by atoms with Crippen LogP contribution in [0.2, 0.25) is 0 Å². The number of carbonyl (C=O) groups is 3. The number of hydrogen-bond acceptors (Lipinski definition) is 16. The molecule has 5 heterocycles. The molecular weight excluding hydrogens is 945 g/mol. The summed E-state index contributed by atoms with van der Waals surface area (Å²) in [5.41, 5.74) is 3.83. The van der Waals surface area contributed by atoms with Crippen molar-refractivity contribution in [3.8, 4) is 0 Å². The van der Waals surface area contributed by atoms with Crippen molar-refractivity contribution in [2.75, 3.05) is 11.5 Å². The SMILES string of the molecule is NN1C(=O)CSC1=S.O=C1CSC(=S)N1NC1=NS(=O)(=O)c2ccccc21.O=C1NS(=O)(=O)c2ccccc21.O=S(Cl)Cl.O=S1(=O)N=C(Cl)c2ccccc21. The Morgan fingerprint density at radius 2 is 1.18 bits per heavy atom. The van der Waals surface area contributed by atoms with Gasteiger partial charge in [-0.25, -0.2) is 33.2 Å². The maximum absolute atomic E-state index is 11.8. The fourth-order valence-corrected chi connectivity index (χ4v) is 10.1. The Morgan fingerprint density at radius 1 is 0.727 bits per heavy atom. The van der Waals surface area contributed by atoms with Crippen LogP contribution in [0.5, 0.6) is 0 Å². The second-order valence-corrected chi connectivity index (χ2v) is 21.0. The lowest BCUT2D eigenvalue weighted by molar-refractivity contribution is -0.125. The number of halogens is 3. The zero-order chi connectivity index (χ0) is 40.9. The number of carbonyl (C=O) groups excluding carboxylic acids is 3. The average molecular weight is 965 g/mol. The van der Waals surface area contributed by atoms with Crippen LogP contribution < -0.4 is 16.0 Å². The molecule has 8 rings (SSSR count). The molecule has 0 unspecified atom stereocenters. The predicted molar refractivity (Wildman–Crippen MR) is 218 cm³/mol. The Balaban J connectivity index is 0.000000164. The Labute approximate surface area is 349 Å². The number of thiocarbonyl (C=S) groups is 2. The van der Waals surface area contributed by atoms with E-state index in [9.17, 15) is 39.6 Å². The molecular formula is C27H20Cl3N7O10S8. The summed E-state index contributed by atoms with van der Waals surface area (Å²) in [6.07, 6.45) is 0. The van der Waals surface area contributed by atoms with Gasteiger partial charge in [0, 0.05) is 32.5 Å². The predicted octanol–water partition coefficient (Wildman–Crippen LogP) is 2.76. The number of rotatable bonds is 1. The van der Waals surface area contributed by atoms with Gasteiger partial charge in [-0.2, -0.15) is 16.8 Å². The molecule has 0 saturated carbocycles. The van der Waals surface area contributed by atoms with Gasteiger partial charge in [0.15, 0.2) is 19.6 Å². The van der Waals surface area contributed by atoms with Gasteiger partial charge >= 0.3 is 0 Å². The summed E-state index contributed by atoms with van der Waals surface area (Å²) in [5.74, 6) is 5.02. The van der Waals surface area contributed by atoms with E-state index in [1.165, 1.54) is 47.8 Å². The van der Waals surface area contributed by atoms with Crippen LogP contribution in [-0.4, -0.2) is 88.4 Å². The van der Waals surface area contributed by atoms with Crippen LogP contribution in [0.25, 0.3) is 0 Å². The molecule has 3 aromatic carbocycles. The van der Waals surface area contributed by atoms with E-state index in [4.69, 9.17) is 33.9 Å². The number of benzene rings is 3. The van der Waals surface area contributed by atoms with E-state index < -0.39 is 45.2 Å². The number of amides is 3. The molecule has 0 bridgehead atoms. The second kappa shape index (κ2) is 18.5. The van der Waals surface area contributed by atoms with Gasteiger partial charge in [-0.1, -0.05) is 102 Å². The summed E-state index contributed by atoms with van der Waals surface area (Å²) in [4.78, 5) is 33.4. The largest absolute Gasteiger partial charge is 0.285 e. The molecule has 0 spiro atoms. The molecule has 0 aliphatic carbocycles. The van der Waals surface area contributed by atoms with Crippen LogP contribution in [0.4, 0.5) is 0 Å². The van der Waals surface area contributed by atoms with Gasteiger partial charge in [0.25, 0.3) is 47.8 Å². The van der Waals surface area contributed by atoms with Gasteiger partial charge in [0.2, 0.25) is 9.23 Å². The second-order valence-electron chi connectivity index (χ2n) is 10.1. The highest BCUT2D eigenvalue weighted by atomic mass is 36.0. The first-order chi connectivity index (χ1) is 25.7. The highest BCUT2D eigenvalue weighted by molar-refractivity contribution is 8.26. The maximum Gasteiger partial charge on any atom is 0.285 e. The summed E-state index contributed by atoms with van der Waals surface area (Å²) < 4.78 is 87.1. The van der Waals surface area contributed by atoms with Crippen molar-refractivity contribution in [1.29, 1.82) is 0 Å². The van der Waals surface area contributed by atoms with Crippen LogP contribution in [0.15, 0.2) is 96.3 Å². The molecule has 0 atom stereocenters. The van der Waals surface area contributed by atoms with Crippen molar-refractivity contribution >= 4 is 158 Å². The Bertz CT molecular complexity index is 2500. The summed E-state index contributed by atoms with van der Waals surface area (Å²) in [5, 5.41) is 2.20. The van der Waals surface area contributed by atoms with Crippen LogP contribution in [0, 0.1) is 0 Å². The van der Waals surface area contributed by atoms with Crippen molar-refractivity contribution in [2.24, 2.45) is 14.6 Å². The lowest BCUT2D eigenvalue weighted by atomic mass is 10.2. The molecule has 2 saturated heterocycles. The molecule has 5 aliphatic heterocycles. The van der Waals surface area contributed by atoms with E-state index in [1.54, 1.807) is 48.5 Å². The third-order valence-corrected chi connectivity index (χ3v) is 13.8. The highest BCUT2D eigenvalue weighted by Crippen LogP contribution is 2.28. The quantitative estimate of drug-likeness (QED) is 0.137. The molecule has 0 aromatic heterocycles. The summed E-state index contributed by atoms with van der Waals surface area (Å²) in [6.45, 7) is 0. The van der Waals surface area contributed by atoms with E-state index in [2.05, 4.69) is 47.8 Å². The first kappa shape index (κ1) is 44.6. The van der Waals surface area contributed by atoms with Crippen LogP contribution in [0.3, 0.4) is 0 Å². The number of fused-ring (bicyclic) bond motifs is 3. The minimum atomic E-state index is -3.69. The normalized spacial score (nSPS) is 18.7. The highest BCUT2D eigenvalue weighted by Gasteiger charge is 2.34. The topological polar surface area (TPSA) is 252 Å². The van der Waals surface area contributed by atoms with E-state index in [-0.39, 0.29) is 48.8 Å². The zero-order valence-electron chi connectivity index (χ0n) is 26.7. The van der Waals surface area contributed by atoms with Gasteiger partial charge in [0.1, 0.15) is 9.79 Å². The number of amidine groups is 1. The fraction of sp³-hybridized carbons (Fsp3) is 0.0741. The third-order valence-electron chi connectivity index (χ3n) is 6.62. The van der Waals surface area contributed by atoms with E-state index in [0.29, 0.717) is 25.5 Å². The van der Waals surface area contributed by atoms with Gasteiger partial charge < -0.3 is 0 Å². The maximum atomic E-state index is 11.8. The zero-order valence-corrected chi connectivity index (χ0v) is 35.5. The summed E-state index contributed by atoms with van der Waals surface area (Å²) >= 11 is 17.8. The first-order valence-electron chi connectivity index (χ1n) is 14.1. The van der Waals surface area contributed by atoms with Crippen LogP contribution in [0.1, 0.15) is 21.5 Å². The molecule has 55 heavy (non-hydrogen) atoms. The Hall–Kier alpha value is -3.08. The van der Waals surface area contributed by atoms with Gasteiger partial charge in [-0.05, 0) is 30.3 Å². The number of sulfonamides is 3. The van der Waals surface area contributed by atoms with Crippen molar-refractivity contribution in [1.82, 2.24) is 20.2 Å². The monoisotopic (exact) mass is 963 g/mol. The minimum Gasteiger partial charge on any atom is -0.272 e. The minimum absolute atomic E-state index is 0.0469. The number of thioether (sulfide) groups is 2. The van der Waals surface area contributed by atoms with Gasteiger partial charge in [-0.3, -0.25) is 19.8 Å². The summed E-state index contributed by atoms with van der Waals surface area (Å²) in [7, 11) is -3.39. The van der Waals surface area contributed by atoms with Crippen molar-refractivity contribution in [3.05, 3.63) is 89.5 Å². The molecule has 0 radical (unpaired) electrons. The molecule has 292 valence electrons. The molecule has 2 fully saturated rings. The number of nitrogens with one attached hydrogen (secondary N) is 2. The lowest BCUT2D eigenvalue weighted by Gasteiger charge is -2.16. The van der Waals surface area contributed by atoms with E-state index >= 15 is 0 Å². The average Bonchev–Trinajstić information content (AvgIpc) is 3.83. The van der Waals surface area contributed by atoms with Crippen molar-refractivity contribution in [2.45, 2.75) is 14.7 Å². The van der Waals surface area contributed by atoms with Gasteiger partial charge in [0.05, 0.1) is 22.0 Å². The number of nitrogens with zero attached hydrogens (tertiary/aromatic N) is 4. The molecule has 5 aliphatic rings.